The number of rotatable bonds is 8. The summed E-state index contributed by atoms with van der Waals surface area (Å²) >= 11 is 0. The first-order chi connectivity index (χ1) is 9.34. The van der Waals surface area contributed by atoms with E-state index in [0.29, 0.717) is 19.3 Å². The number of morpholine rings is 1. The molecule has 0 aromatic rings. The molecule has 0 bridgehead atoms. The van der Waals surface area contributed by atoms with E-state index < -0.39 is 0 Å². The number of aliphatic hydroxyl groups is 1. The molecule has 0 aromatic carbocycles. The second-order valence-corrected chi connectivity index (χ2v) is 5.55. The fraction of sp³-hybridized carbons (Fsp3) is 1.00. The van der Waals surface area contributed by atoms with Gasteiger partial charge in [-0.25, -0.2) is 0 Å². The van der Waals surface area contributed by atoms with Crippen LogP contribution in [0, 0.1) is 0 Å². The van der Waals surface area contributed by atoms with Gasteiger partial charge in [-0.05, 0) is 12.8 Å². The topological polar surface area (TPSA) is 54.0 Å². The van der Waals surface area contributed by atoms with Crippen LogP contribution >= 0.6 is 0 Å². The second-order valence-electron chi connectivity index (χ2n) is 5.55. The molecule has 112 valence electrons. The van der Waals surface area contributed by atoms with Gasteiger partial charge >= 0.3 is 0 Å². The Morgan fingerprint density at radius 1 is 1.26 bits per heavy atom. The highest BCUT2D eigenvalue weighted by Gasteiger charge is 2.16. The minimum atomic E-state index is -0.384. The van der Waals surface area contributed by atoms with E-state index in [4.69, 9.17) is 9.47 Å². The van der Waals surface area contributed by atoms with E-state index in [2.05, 4.69) is 10.2 Å². The lowest BCUT2D eigenvalue weighted by Gasteiger charge is -2.26. The van der Waals surface area contributed by atoms with Gasteiger partial charge in [0.15, 0.2) is 0 Å². The number of hydrogen-bond donors (Lipinski definition) is 2. The first-order valence-electron chi connectivity index (χ1n) is 7.65. The highest BCUT2D eigenvalue weighted by molar-refractivity contribution is 4.69. The van der Waals surface area contributed by atoms with Gasteiger partial charge in [0.05, 0.1) is 32.0 Å². The van der Waals surface area contributed by atoms with Crippen molar-refractivity contribution in [3.63, 3.8) is 0 Å². The Balaban J connectivity index is 1.43. The molecule has 5 nitrogen and oxygen atoms in total. The van der Waals surface area contributed by atoms with E-state index in [9.17, 15) is 5.11 Å². The maximum Gasteiger partial charge on any atom is 0.0897 e. The summed E-state index contributed by atoms with van der Waals surface area (Å²) in [6.45, 7) is 6.77. The van der Waals surface area contributed by atoms with Crippen LogP contribution in [0.25, 0.3) is 0 Å². The third kappa shape index (κ3) is 6.19. The Morgan fingerprint density at radius 3 is 2.74 bits per heavy atom. The van der Waals surface area contributed by atoms with E-state index in [1.807, 2.05) is 0 Å². The molecule has 1 unspecified atom stereocenters. The Morgan fingerprint density at radius 2 is 2.00 bits per heavy atom. The molecule has 0 aromatic heterocycles. The van der Waals surface area contributed by atoms with Crippen LogP contribution in [0.1, 0.15) is 25.7 Å². The molecule has 0 radical (unpaired) electrons. The van der Waals surface area contributed by atoms with Gasteiger partial charge in [0, 0.05) is 32.7 Å². The Kier molecular flexibility index (Phi) is 7.09. The van der Waals surface area contributed by atoms with Crippen molar-refractivity contribution in [2.75, 3.05) is 52.5 Å². The molecule has 1 saturated heterocycles. The molecule has 2 fully saturated rings. The van der Waals surface area contributed by atoms with E-state index in [-0.39, 0.29) is 6.10 Å². The molecule has 1 aliphatic carbocycles. The summed E-state index contributed by atoms with van der Waals surface area (Å²) in [5, 5.41) is 13.1. The quantitative estimate of drug-likeness (QED) is 0.620. The summed E-state index contributed by atoms with van der Waals surface area (Å²) in [5.41, 5.74) is 0. The predicted molar refractivity (Wildman–Crippen MR) is 74.3 cm³/mol. The fourth-order valence-corrected chi connectivity index (χ4v) is 2.69. The zero-order valence-electron chi connectivity index (χ0n) is 11.9. The molecule has 5 heteroatoms. The van der Waals surface area contributed by atoms with Crippen molar-refractivity contribution in [2.24, 2.45) is 0 Å². The first-order valence-corrected chi connectivity index (χ1v) is 7.65. The van der Waals surface area contributed by atoms with Crippen molar-refractivity contribution in [3.05, 3.63) is 0 Å². The van der Waals surface area contributed by atoms with Crippen LogP contribution in [0.4, 0.5) is 0 Å². The van der Waals surface area contributed by atoms with Gasteiger partial charge in [0.2, 0.25) is 0 Å². The lowest BCUT2D eigenvalue weighted by molar-refractivity contribution is -0.00590. The first kappa shape index (κ1) is 15.2. The highest BCUT2D eigenvalue weighted by Crippen LogP contribution is 2.20. The fourth-order valence-electron chi connectivity index (χ4n) is 2.69. The lowest BCUT2D eigenvalue weighted by atomic mass is 10.3. The van der Waals surface area contributed by atoms with Crippen LogP contribution < -0.4 is 5.32 Å². The van der Waals surface area contributed by atoms with Crippen LogP contribution in [-0.2, 0) is 9.47 Å². The summed E-state index contributed by atoms with van der Waals surface area (Å²) in [5.74, 6) is 0. The van der Waals surface area contributed by atoms with E-state index >= 15 is 0 Å². The van der Waals surface area contributed by atoms with E-state index in [0.717, 1.165) is 52.2 Å². The van der Waals surface area contributed by atoms with Gasteiger partial charge in [-0.1, -0.05) is 12.8 Å². The Labute approximate surface area is 116 Å². The van der Waals surface area contributed by atoms with Gasteiger partial charge < -0.3 is 19.9 Å². The van der Waals surface area contributed by atoms with Gasteiger partial charge in [-0.3, -0.25) is 4.90 Å². The maximum atomic E-state index is 9.83. The summed E-state index contributed by atoms with van der Waals surface area (Å²) in [4.78, 5) is 2.39. The highest BCUT2D eigenvalue weighted by atomic mass is 16.5. The smallest absolute Gasteiger partial charge is 0.0897 e. The lowest BCUT2D eigenvalue weighted by Crippen LogP contribution is -2.41. The zero-order valence-corrected chi connectivity index (χ0v) is 11.9. The van der Waals surface area contributed by atoms with Crippen LogP contribution in [0.3, 0.4) is 0 Å². The van der Waals surface area contributed by atoms with Crippen molar-refractivity contribution in [2.45, 2.75) is 37.9 Å². The largest absolute Gasteiger partial charge is 0.389 e. The zero-order chi connectivity index (χ0) is 13.3. The average Bonchev–Trinajstić information content (AvgIpc) is 2.96. The van der Waals surface area contributed by atoms with Crippen molar-refractivity contribution >= 4 is 0 Å². The van der Waals surface area contributed by atoms with E-state index in [1.165, 1.54) is 12.8 Å². The number of ether oxygens (including phenoxy) is 2. The predicted octanol–water partition coefficient (Wildman–Crippen LogP) is 0.228. The number of hydrogen-bond acceptors (Lipinski definition) is 5. The molecule has 0 spiro atoms. The van der Waals surface area contributed by atoms with Crippen molar-refractivity contribution < 1.29 is 14.6 Å². The SMILES string of the molecule is OC(CNCCN1CCOCC1)COC1CCCC1. The Hall–Kier alpha value is -0.200. The van der Waals surface area contributed by atoms with Crippen LogP contribution in [0.2, 0.25) is 0 Å². The molecule has 19 heavy (non-hydrogen) atoms. The summed E-state index contributed by atoms with van der Waals surface area (Å²) < 4.78 is 11.0. The monoisotopic (exact) mass is 272 g/mol. The maximum absolute atomic E-state index is 9.83. The molecule has 2 N–H and O–H groups in total. The third-order valence-corrected chi connectivity index (χ3v) is 3.91. The molecular weight excluding hydrogens is 244 g/mol. The molecule has 2 aliphatic rings. The molecule has 1 heterocycles. The van der Waals surface area contributed by atoms with Crippen molar-refractivity contribution in [1.29, 1.82) is 0 Å². The Bertz CT molecular complexity index is 229. The van der Waals surface area contributed by atoms with Crippen molar-refractivity contribution in [1.82, 2.24) is 10.2 Å². The summed E-state index contributed by atoms with van der Waals surface area (Å²) in [6, 6.07) is 0. The minimum Gasteiger partial charge on any atom is -0.389 e. The van der Waals surface area contributed by atoms with Crippen LogP contribution in [0.5, 0.6) is 0 Å². The van der Waals surface area contributed by atoms with Gasteiger partial charge in [0.1, 0.15) is 0 Å². The number of nitrogens with one attached hydrogen (secondary N) is 1. The number of aliphatic hydroxyl groups excluding tert-OH is 1. The second kappa shape index (κ2) is 8.87. The average molecular weight is 272 g/mol. The number of nitrogens with zero attached hydrogens (tertiary/aromatic N) is 1. The molecule has 1 saturated carbocycles. The van der Waals surface area contributed by atoms with Gasteiger partial charge in [-0.15, -0.1) is 0 Å². The van der Waals surface area contributed by atoms with Gasteiger partial charge in [-0.2, -0.15) is 0 Å². The minimum absolute atomic E-state index is 0.384. The molecule has 1 atom stereocenters. The third-order valence-electron chi connectivity index (χ3n) is 3.91. The molecular formula is C14H28N2O3. The van der Waals surface area contributed by atoms with Crippen LogP contribution in [-0.4, -0.2) is 74.8 Å². The summed E-state index contributed by atoms with van der Waals surface area (Å²) in [7, 11) is 0. The molecule has 1 aliphatic heterocycles. The molecule has 0 amide bonds. The van der Waals surface area contributed by atoms with Crippen molar-refractivity contribution in [3.8, 4) is 0 Å². The van der Waals surface area contributed by atoms with Crippen LogP contribution in [0.15, 0.2) is 0 Å². The normalized spacial score (nSPS) is 23.8. The summed E-state index contributed by atoms with van der Waals surface area (Å²) in [6.07, 6.45) is 4.89. The van der Waals surface area contributed by atoms with Gasteiger partial charge in [0.25, 0.3) is 0 Å². The molecule has 2 rings (SSSR count). The van der Waals surface area contributed by atoms with E-state index in [1.54, 1.807) is 0 Å². The standard InChI is InChI=1S/C14H28N2O3/c17-13(12-19-14-3-1-2-4-14)11-15-5-6-16-7-9-18-10-8-16/h13-15,17H,1-12H2.